The molecule has 0 saturated heterocycles. The third-order valence-corrected chi connectivity index (χ3v) is 1.06. The van der Waals surface area contributed by atoms with E-state index >= 15 is 0 Å². The summed E-state index contributed by atoms with van der Waals surface area (Å²) in [6.07, 6.45) is 7.23. The van der Waals surface area contributed by atoms with Crippen LogP contribution >= 0.6 is 0 Å². The van der Waals surface area contributed by atoms with Gasteiger partial charge in [0.05, 0.1) is 6.42 Å². The summed E-state index contributed by atoms with van der Waals surface area (Å²) in [5, 5.41) is 0. The molecule has 0 aliphatic carbocycles. The van der Waals surface area contributed by atoms with Gasteiger partial charge in [-0.2, -0.15) is 0 Å². The van der Waals surface area contributed by atoms with Crippen LogP contribution in [0, 0.1) is 12.8 Å². The van der Waals surface area contributed by atoms with Crippen LogP contribution in [-0.4, -0.2) is 0 Å². The second-order valence-corrected chi connectivity index (χ2v) is 2.55. The fourth-order valence-electron chi connectivity index (χ4n) is 0.604. The molecule has 0 aliphatic rings. The molecule has 0 heteroatoms. The topological polar surface area (TPSA) is 0 Å². The highest BCUT2D eigenvalue weighted by Crippen LogP contribution is 2.07. The van der Waals surface area contributed by atoms with Gasteiger partial charge >= 0.3 is 0 Å². The molecule has 0 saturated carbocycles. The Hall–Kier alpha value is -0.650. The first-order chi connectivity index (χ1) is 4.63. The van der Waals surface area contributed by atoms with Crippen LogP contribution in [0.5, 0.6) is 0 Å². The van der Waals surface area contributed by atoms with Crippen LogP contribution in [-0.2, 0) is 0 Å². The van der Waals surface area contributed by atoms with Gasteiger partial charge in [-0.25, -0.2) is 0 Å². The van der Waals surface area contributed by atoms with E-state index in [2.05, 4.69) is 26.0 Å². The minimum absolute atomic E-state index is 0.961. The summed E-state index contributed by atoms with van der Waals surface area (Å²) >= 11 is 0. The van der Waals surface area contributed by atoms with Crippen LogP contribution in [0.1, 0.15) is 26.7 Å². The molecule has 0 N–H and O–H groups in total. The van der Waals surface area contributed by atoms with Gasteiger partial charge in [0.1, 0.15) is 5.57 Å². The minimum atomic E-state index is 0.961. The molecule has 0 rings (SSSR count). The normalized spacial score (nSPS) is 9.00. The second-order valence-electron chi connectivity index (χ2n) is 2.55. The number of hydrogen-bond donors (Lipinski definition) is 0. The molecule has 0 fully saturated rings. The molecule has 0 atom stereocenters. The molecule has 0 heterocycles. The molecule has 0 bridgehead atoms. The number of unbranched alkanes of at least 4 members (excludes halogenated alkanes) is 1. The molecule has 0 nitrogen and oxygen atoms in total. The summed E-state index contributed by atoms with van der Waals surface area (Å²) in [5.41, 5.74) is 2.15. The molecule has 0 aromatic heterocycles. The van der Waals surface area contributed by atoms with Gasteiger partial charge in [0.2, 0.25) is 0 Å². The molecule has 2 radical (unpaired) electrons. The SMILES string of the molecule is C=C(C)[C+]CC[CH]C(=C)C. The maximum absolute atomic E-state index is 3.77. The molecule has 0 amide bonds. The van der Waals surface area contributed by atoms with E-state index in [4.69, 9.17) is 0 Å². The Morgan fingerprint density at radius 1 is 1.40 bits per heavy atom. The Balaban J connectivity index is 3.06. The van der Waals surface area contributed by atoms with Crippen molar-refractivity contribution in [2.75, 3.05) is 0 Å². The number of hydrogen-bond acceptors (Lipinski definition) is 0. The molecule has 54 valence electrons. The summed E-state index contributed by atoms with van der Waals surface area (Å²) < 4.78 is 0. The minimum Gasteiger partial charge on any atom is -0.0998 e. The average molecular weight is 135 g/mol. The molecule has 0 unspecified atom stereocenters. The van der Waals surface area contributed by atoms with Crippen molar-refractivity contribution < 1.29 is 0 Å². The molecular weight excluding hydrogens is 120 g/mol. The highest BCUT2D eigenvalue weighted by molar-refractivity contribution is 5.07. The standard InChI is InChI=1S/C10H15/c1-9(2)7-5-6-8-10(3)4/h7H,1,3,5-6H2,2,4H3/q+1. The Labute approximate surface area is 64.6 Å². The van der Waals surface area contributed by atoms with E-state index in [0.717, 1.165) is 24.0 Å². The van der Waals surface area contributed by atoms with Crippen LogP contribution in [0.4, 0.5) is 0 Å². The molecule has 0 aliphatic heterocycles. The van der Waals surface area contributed by atoms with Crippen molar-refractivity contribution in [3.05, 3.63) is 37.1 Å². The Morgan fingerprint density at radius 3 is 2.40 bits per heavy atom. The maximum atomic E-state index is 3.77. The van der Waals surface area contributed by atoms with Crippen molar-refractivity contribution in [1.29, 1.82) is 0 Å². The van der Waals surface area contributed by atoms with Crippen molar-refractivity contribution >= 4 is 0 Å². The number of allylic oxidation sites excluding steroid dienone is 2. The summed E-state index contributed by atoms with van der Waals surface area (Å²) in [6.45, 7) is 11.5. The van der Waals surface area contributed by atoms with Gasteiger partial charge in [-0.05, 0) is 19.8 Å². The van der Waals surface area contributed by atoms with Crippen molar-refractivity contribution in [1.82, 2.24) is 0 Å². The van der Waals surface area contributed by atoms with E-state index in [0.29, 0.717) is 0 Å². The zero-order chi connectivity index (χ0) is 7.98. The van der Waals surface area contributed by atoms with E-state index in [9.17, 15) is 0 Å². The first kappa shape index (κ1) is 9.35. The third kappa shape index (κ3) is 7.35. The van der Waals surface area contributed by atoms with Crippen LogP contribution in [0.15, 0.2) is 24.3 Å². The van der Waals surface area contributed by atoms with E-state index in [-0.39, 0.29) is 0 Å². The molecular formula is C10H15+. The lowest BCUT2D eigenvalue weighted by molar-refractivity contribution is 0.930. The lowest BCUT2D eigenvalue weighted by Crippen LogP contribution is -1.81. The van der Waals surface area contributed by atoms with Crippen molar-refractivity contribution in [2.45, 2.75) is 26.7 Å². The van der Waals surface area contributed by atoms with Gasteiger partial charge < -0.3 is 0 Å². The van der Waals surface area contributed by atoms with Crippen LogP contribution in [0.25, 0.3) is 0 Å². The molecule has 0 spiro atoms. The molecule has 10 heavy (non-hydrogen) atoms. The van der Waals surface area contributed by atoms with Gasteiger partial charge in [-0.1, -0.05) is 12.2 Å². The predicted octanol–water partition coefficient (Wildman–Crippen LogP) is 3.20. The van der Waals surface area contributed by atoms with E-state index in [1.807, 2.05) is 13.8 Å². The third-order valence-electron chi connectivity index (χ3n) is 1.06. The Morgan fingerprint density at radius 2 is 2.00 bits per heavy atom. The van der Waals surface area contributed by atoms with E-state index < -0.39 is 0 Å². The summed E-state index contributed by atoms with van der Waals surface area (Å²) in [5.74, 6) is 0. The predicted molar refractivity (Wildman–Crippen MR) is 46.4 cm³/mol. The van der Waals surface area contributed by atoms with Crippen molar-refractivity contribution in [3.8, 4) is 0 Å². The van der Waals surface area contributed by atoms with Gasteiger partial charge in [-0.15, -0.1) is 0 Å². The van der Waals surface area contributed by atoms with Crippen LogP contribution in [0.3, 0.4) is 0 Å². The highest BCUT2D eigenvalue weighted by Gasteiger charge is 1.99. The van der Waals surface area contributed by atoms with Crippen molar-refractivity contribution in [3.63, 3.8) is 0 Å². The zero-order valence-electron chi connectivity index (χ0n) is 6.91. The Bertz CT molecular complexity index is 104. The highest BCUT2D eigenvalue weighted by atomic mass is 14.0. The van der Waals surface area contributed by atoms with Crippen LogP contribution in [0.2, 0.25) is 0 Å². The zero-order valence-corrected chi connectivity index (χ0v) is 6.91. The van der Waals surface area contributed by atoms with Gasteiger partial charge in [0.15, 0.2) is 6.42 Å². The molecule has 0 aromatic rings. The largest absolute Gasteiger partial charge is 0.166 e. The smallest absolute Gasteiger partial charge is 0.0998 e. The van der Waals surface area contributed by atoms with Gasteiger partial charge in [0.25, 0.3) is 0 Å². The lowest BCUT2D eigenvalue weighted by Gasteiger charge is -1.92. The summed E-state index contributed by atoms with van der Waals surface area (Å²) in [4.78, 5) is 0. The fourth-order valence-corrected chi connectivity index (χ4v) is 0.604. The van der Waals surface area contributed by atoms with Crippen LogP contribution < -0.4 is 0 Å². The maximum Gasteiger partial charge on any atom is 0.166 e. The quantitative estimate of drug-likeness (QED) is 0.401. The van der Waals surface area contributed by atoms with E-state index in [1.54, 1.807) is 0 Å². The fraction of sp³-hybridized carbons (Fsp3) is 0.400. The van der Waals surface area contributed by atoms with Gasteiger partial charge in [0, 0.05) is 13.5 Å². The Kier molecular flexibility index (Phi) is 4.82. The second kappa shape index (κ2) is 5.16. The molecule has 0 aromatic carbocycles. The first-order valence-corrected chi connectivity index (χ1v) is 3.51. The lowest BCUT2D eigenvalue weighted by atomic mass is 10.1. The van der Waals surface area contributed by atoms with Crippen molar-refractivity contribution in [2.24, 2.45) is 0 Å². The van der Waals surface area contributed by atoms with E-state index in [1.165, 1.54) is 0 Å². The first-order valence-electron chi connectivity index (χ1n) is 3.51. The monoisotopic (exact) mass is 135 g/mol. The summed E-state index contributed by atoms with van der Waals surface area (Å²) in [7, 11) is 0. The summed E-state index contributed by atoms with van der Waals surface area (Å²) in [6, 6.07) is 0. The van der Waals surface area contributed by atoms with Gasteiger partial charge in [-0.3, -0.25) is 0 Å². The number of rotatable bonds is 5. The average Bonchev–Trinajstić information content (AvgIpc) is 1.79.